The number of primary amides is 1. The maximum atomic E-state index is 11.5. The Morgan fingerprint density at radius 3 is 2.70 bits per heavy atom. The minimum atomic E-state index is -0.517. The van der Waals surface area contributed by atoms with Gasteiger partial charge in [0.15, 0.2) is 0 Å². The van der Waals surface area contributed by atoms with Crippen molar-refractivity contribution >= 4 is 34.5 Å². The third-order valence-corrected chi connectivity index (χ3v) is 3.79. The maximum Gasteiger partial charge on any atom is 0.318 e. The van der Waals surface area contributed by atoms with Crippen LogP contribution in [0.1, 0.15) is 17.3 Å². The Morgan fingerprint density at radius 2 is 2.05 bits per heavy atom. The fraction of sp³-hybridized carbons (Fsp3) is 0.214. The lowest BCUT2D eigenvalue weighted by atomic mass is 10.1. The molecule has 2 aromatic rings. The SMILES string of the molecule is COC(=O)[C@@H](C)Sc1cc(C(N)=O)c2ccccc2n1. The van der Waals surface area contributed by atoms with Gasteiger partial charge in [-0.3, -0.25) is 9.59 Å². The number of benzene rings is 1. The average Bonchev–Trinajstić information content (AvgIpc) is 2.45. The second-order valence-electron chi connectivity index (χ2n) is 4.17. The maximum absolute atomic E-state index is 11.5. The number of hydrogen-bond acceptors (Lipinski definition) is 5. The van der Waals surface area contributed by atoms with Gasteiger partial charge < -0.3 is 10.5 Å². The van der Waals surface area contributed by atoms with Crippen LogP contribution in [0.4, 0.5) is 0 Å². The number of rotatable bonds is 4. The number of thioether (sulfide) groups is 1. The first kappa shape index (κ1) is 14.3. The van der Waals surface area contributed by atoms with Crippen molar-refractivity contribution in [2.45, 2.75) is 17.2 Å². The Morgan fingerprint density at radius 1 is 1.35 bits per heavy atom. The van der Waals surface area contributed by atoms with Crippen LogP contribution in [0.5, 0.6) is 0 Å². The normalized spacial score (nSPS) is 12.1. The van der Waals surface area contributed by atoms with Gasteiger partial charge in [0.25, 0.3) is 0 Å². The third-order valence-electron chi connectivity index (χ3n) is 2.79. The molecule has 0 aliphatic heterocycles. The van der Waals surface area contributed by atoms with Crippen molar-refractivity contribution in [3.8, 4) is 0 Å². The fourth-order valence-electron chi connectivity index (χ4n) is 1.81. The predicted octanol–water partition coefficient (Wildman–Crippen LogP) is 1.99. The van der Waals surface area contributed by atoms with E-state index in [-0.39, 0.29) is 5.97 Å². The summed E-state index contributed by atoms with van der Waals surface area (Å²) in [6, 6.07) is 8.85. The lowest BCUT2D eigenvalue weighted by Gasteiger charge is -2.10. The van der Waals surface area contributed by atoms with Crippen LogP contribution in [0, 0.1) is 0 Å². The zero-order valence-corrected chi connectivity index (χ0v) is 11.9. The summed E-state index contributed by atoms with van der Waals surface area (Å²) in [5.41, 5.74) is 6.47. The van der Waals surface area contributed by atoms with Crippen LogP contribution in [-0.4, -0.2) is 29.2 Å². The Labute approximate surface area is 120 Å². The van der Waals surface area contributed by atoms with Crippen molar-refractivity contribution in [3.63, 3.8) is 0 Å². The summed E-state index contributed by atoms with van der Waals surface area (Å²) in [4.78, 5) is 27.4. The summed E-state index contributed by atoms with van der Waals surface area (Å²) in [5.74, 6) is -0.859. The molecule has 0 saturated heterocycles. The first-order chi connectivity index (χ1) is 9.52. The largest absolute Gasteiger partial charge is 0.468 e. The van der Waals surface area contributed by atoms with Crippen molar-refractivity contribution in [2.24, 2.45) is 5.73 Å². The molecule has 5 nitrogen and oxygen atoms in total. The zero-order chi connectivity index (χ0) is 14.7. The van der Waals surface area contributed by atoms with E-state index in [1.54, 1.807) is 25.1 Å². The molecule has 1 aromatic carbocycles. The van der Waals surface area contributed by atoms with E-state index in [1.165, 1.54) is 18.9 Å². The average molecular weight is 290 g/mol. The summed E-state index contributed by atoms with van der Waals surface area (Å²) in [6.45, 7) is 1.72. The number of aromatic nitrogens is 1. The summed E-state index contributed by atoms with van der Waals surface area (Å²) in [5, 5.41) is 0.861. The van der Waals surface area contributed by atoms with Gasteiger partial charge in [0.1, 0.15) is 5.25 Å². The van der Waals surface area contributed by atoms with Crippen LogP contribution >= 0.6 is 11.8 Å². The van der Waals surface area contributed by atoms with Gasteiger partial charge in [-0.25, -0.2) is 4.98 Å². The molecule has 1 atom stereocenters. The van der Waals surface area contributed by atoms with E-state index in [2.05, 4.69) is 9.72 Å². The Hall–Kier alpha value is -2.08. The molecule has 0 spiro atoms. The van der Waals surface area contributed by atoms with Gasteiger partial charge in [-0.05, 0) is 19.1 Å². The molecule has 104 valence electrons. The molecule has 2 N–H and O–H groups in total. The number of nitrogens with zero attached hydrogens (tertiary/aromatic N) is 1. The van der Waals surface area contributed by atoms with Gasteiger partial charge in [0.05, 0.1) is 23.2 Å². The van der Waals surface area contributed by atoms with Crippen LogP contribution in [0.15, 0.2) is 35.4 Å². The van der Waals surface area contributed by atoms with E-state index in [0.29, 0.717) is 21.5 Å². The summed E-state index contributed by atoms with van der Waals surface area (Å²) in [6.07, 6.45) is 0. The molecule has 0 fully saturated rings. The molecular formula is C14H14N2O3S. The second kappa shape index (κ2) is 5.92. The topological polar surface area (TPSA) is 82.3 Å². The first-order valence-corrected chi connectivity index (χ1v) is 6.85. The Bertz CT molecular complexity index is 673. The van der Waals surface area contributed by atoms with Gasteiger partial charge >= 0.3 is 5.97 Å². The number of carbonyl (C=O) groups excluding carboxylic acids is 2. The molecule has 2 rings (SSSR count). The highest BCUT2D eigenvalue weighted by atomic mass is 32.2. The number of esters is 1. The van der Waals surface area contributed by atoms with Crippen LogP contribution < -0.4 is 5.73 Å². The number of pyridine rings is 1. The third kappa shape index (κ3) is 2.91. The van der Waals surface area contributed by atoms with Gasteiger partial charge in [-0.2, -0.15) is 0 Å². The minimum absolute atomic E-state index is 0.342. The van der Waals surface area contributed by atoms with Crippen molar-refractivity contribution in [1.82, 2.24) is 4.98 Å². The fourth-order valence-corrected chi connectivity index (χ4v) is 2.70. The van der Waals surface area contributed by atoms with Crippen LogP contribution in [0.2, 0.25) is 0 Å². The molecule has 0 unspecified atom stereocenters. The first-order valence-electron chi connectivity index (χ1n) is 5.97. The number of carbonyl (C=O) groups is 2. The number of fused-ring (bicyclic) bond motifs is 1. The predicted molar refractivity (Wildman–Crippen MR) is 77.6 cm³/mol. The lowest BCUT2D eigenvalue weighted by Crippen LogP contribution is -2.16. The van der Waals surface area contributed by atoms with Gasteiger partial charge in [0, 0.05) is 5.39 Å². The molecule has 20 heavy (non-hydrogen) atoms. The lowest BCUT2D eigenvalue weighted by molar-refractivity contribution is -0.139. The number of nitrogens with two attached hydrogens (primary N) is 1. The molecular weight excluding hydrogens is 276 g/mol. The highest BCUT2D eigenvalue weighted by Crippen LogP contribution is 2.27. The molecule has 0 aliphatic carbocycles. The molecule has 1 heterocycles. The molecule has 0 saturated carbocycles. The van der Waals surface area contributed by atoms with Crippen LogP contribution in [0.3, 0.4) is 0 Å². The van der Waals surface area contributed by atoms with Gasteiger partial charge in [0.2, 0.25) is 5.91 Å². The quantitative estimate of drug-likeness (QED) is 0.688. The number of para-hydroxylation sites is 1. The van der Waals surface area contributed by atoms with E-state index in [0.717, 1.165) is 0 Å². The molecule has 0 aliphatic rings. The highest BCUT2D eigenvalue weighted by Gasteiger charge is 2.17. The Balaban J connectivity index is 2.45. The Kier molecular flexibility index (Phi) is 4.24. The number of ether oxygens (including phenoxy) is 1. The second-order valence-corrected chi connectivity index (χ2v) is 5.53. The summed E-state index contributed by atoms with van der Waals surface area (Å²) in [7, 11) is 1.34. The van der Waals surface area contributed by atoms with E-state index in [4.69, 9.17) is 5.73 Å². The van der Waals surface area contributed by atoms with Crippen molar-refractivity contribution < 1.29 is 14.3 Å². The number of hydrogen-bond donors (Lipinski definition) is 1. The molecule has 6 heteroatoms. The van der Waals surface area contributed by atoms with E-state index in [9.17, 15) is 9.59 Å². The summed E-state index contributed by atoms with van der Waals surface area (Å²) < 4.78 is 4.67. The molecule has 1 aromatic heterocycles. The molecule has 0 bridgehead atoms. The van der Waals surface area contributed by atoms with Gasteiger partial charge in [-0.1, -0.05) is 30.0 Å². The van der Waals surface area contributed by atoms with Crippen molar-refractivity contribution in [2.75, 3.05) is 7.11 Å². The smallest absolute Gasteiger partial charge is 0.318 e. The standard InChI is InChI=1S/C14H14N2O3S/c1-8(14(18)19-2)20-12-7-10(13(15)17)9-5-3-4-6-11(9)16-12/h3-8H,1-2H3,(H2,15,17)/t8-/m1/s1. The molecule has 1 amide bonds. The van der Waals surface area contributed by atoms with Crippen molar-refractivity contribution in [3.05, 3.63) is 35.9 Å². The number of amides is 1. The molecule has 0 radical (unpaired) electrons. The van der Waals surface area contributed by atoms with E-state index >= 15 is 0 Å². The van der Waals surface area contributed by atoms with Crippen LogP contribution in [-0.2, 0) is 9.53 Å². The number of methoxy groups -OCH3 is 1. The zero-order valence-electron chi connectivity index (χ0n) is 11.1. The van der Waals surface area contributed by atoms with E-state index < -0.39 is 11.2 Å². The summed E-state index contributed by atoms with van der Waals surface area (Å²) >= 11 is 1.23. The van der Waals surface area contributed by atoms with Crippen LogP contribution in [0.25, 0.3) is 10.9 Å². The monoisotopic (exact) mass is 290 g/mol. The highest BCUT2D eigenvalue weighted by molar-refractivity contribution is 8.00. The van der Waals surface area contributed by atoms with Crippen molar-refractivity contribution in [1.29, 1.82) is 0 Å². The van der Waals surface area contributed by atoms with Gasteiger partial charge in [-0.15, -0.1) is 0 Å². The van der Waals surface area contributed by atoms with E-state index in [1.807, 2.05) is 12.1 Å². The minimum Gasteiger partial charge on any atom is -0.468 e.